The number of phenolic OH excluding ortho intramolecular Hbond substituents is 1. The maximum atomic E-state index is 13.6. The van der Waals surface area contributed by atoms with E-state index in [4.69, 9.17) is 11.6 Å². The minimum Gasteiger partial charge on any atom is -0.506 e. The van der Waals surface area contributed by atoms with Crippen LogP contribution in [0.3, 0.4) is 0 Å². The molecule has 0 spiro atoms. The molecule has 2 nitrogen and oxygen atoms in total. The van der Waals surface area contributed by atoms with Crippen molar-refractivity contribution in [1.29, 1.82) is 0 Å². The Morgan fingerprint density at radius 2 is 1.90 bits per heavy atom. The number of hydrogen-bond acceptors (Lipinski definition) is 2. The summed E-state index contributed by atoms with van der Waals surface area (Å²) >= 11 is 5.86. The van der Waals surface area contributed by atoms with Crippen molar-refractivity contribution in [2.24, 2.45) is 0 Å². The molecular weight excluding hydrogens is 277 g/mol. The van der Waals surface area contributed by atoms with Gasteiger partial charge in [-0.05, 0) is 48.6 Å². The molecule has 1 aliphatic carbocycles. The highest BCUT2D eigenvalue weighted by Crippen LogP contribution is 2.40. The summed E-state index contributed by atoms with van der Waals surface area (Å²) in [6, 6.07) is 12.3. The van der Waals surface area contributed by atoms with E-state index in [0.717, 1.165) is 24.1 Å². The van der Waals surface area contributed by atoms with Gasteiger partial charge >= 0.3 is 0 Å². The average molecular weight is 292 g/mol. The molecule has 0 bridgehead atoms. The molecule has 2 N–H and O–H groups in total. The van der Waals surface area contributed by atoms with Crippen LogP contribution in [-0.4, -0.2) is 11.1 Å². The topological polar surface area (TPSA) is 32.3 Å². The normalized spacial score (nSPS) is 21.3. The zero-order valence-electron chi connectivity index (χ0n) is 10.8. The quantitative estimate of drug-likeness (QED) is 0.814. The van der Waals surface area contributed by atoms with E-state index in [9.17, 15) is 9.50 Å². The highest BCUT2D eigenvalue weighted by Gasteiger charge is 2.31. The number of halogens is 2. The van der Waals surface area contributed by atoms with Crippen LogP contribution in [0.15, 0.2) is 42.5 Å². The molecule has 0 aromatic heterocycles. The van der Waals surface area contributed by atoms with Crippen LogP contribution in [0, 0.1) is 5.82 Å². The van der Waals surface area contributed by atoms with E-state index in [1.807, 2.05) is 12.1 Å². The Bertz CT molecular complexity index is 626. The monoisotopic (exact) mass is 291 g/mol. The van der Waals surface area contributed by atoms with Gasteiger partial charge in [0.05, 0.1) is 5.02 Å². The van der Waals surface area contributed by atoms with Gasteiger partial charge in [-0.25, -0.2) is 4.39 Å². The molecular formula is C16H15ClFNO. The number of nitrogens with one attached hydrogen (secondary N) is 1. The van der Waals surface area contributed by atoms with Crippen molar-refractivity contribution in [3.05, 3.63) is 58.9 Å². The molecule has 1 fully saturated rings. The molecule has 1 saturated carbocycles. The van der Waals surface area contributed by atoms with Crippen LogP contribution in [0.25, 0.3) is 0 Å². The second kappa shape index (κ2) is 5.33. The smallest absolute Gasteiger partial charge is 0.134 e. The predicted octanol–water partition coefficient (Wildman–Crippen LogP) is 4.54. The summed E-state index contributed by atoms with van der Waals surface area (Å²) in [7, 11) is 0. The number of rotatable bonds is 3. The van der Waals surface area contributed by atoms with Gasteiger partial charge in [0.2, 0.25) is 0 Å². The first-order chi connectivity index (χ1) is 9.63. The summed E-state index contributed by atoms with van der Waals surface area (Å²) in [5, 5.41) is 13.0. The van der Waals surface area contributed by atoms with E-state index >= 15 is 0 Å². The molecule has 0 atom stereocenters. The van der Waals surface area contributed by atoms with Crippen LogP contribution in [0.1, 0.15) is 24.3 Å². The Kier molecular flexibility index (Phi) is 3.53. The lowest BCUT2D eigenvalue weighted by molar-refractivity contribution is 0.363. The molecule has 0 aliphatic heterocycles. The van der Waals surface area contributed by atoms with Crippen LogP contribution in [0.4, 0.5) is 10.1 Å². The molecule has 0 saturated heterocycles. The molecule has 2 aromatic rings. The highest BCUT2D eigenvalue weighted by molar-refractivity contribution is 6.32. The average Bonchev–Trinajstić information content (AvgIpc) is 2.39. The summed E-state index contributed by atoms with van der Waals surface area (Å²) in [5.41, 5.74) is 1.68. The Hall–Kier alpha value is -1.74. The Morgan fingerprint density at radius 1 is 1.15 bits per heavy atom. The summed E-state index contributed by atoms with van der Waals surface area (Å²) < 4.78 is 13.6. The van der Waals surface area contributed by atoms with Gasteiger partial charge in [0.15, 0.2) is 0 Å². The highest BCUT2D eigenvalue weighted by atomic mass is 35.5. The molecule has 0 heterocycles. The molecule has 3 rings (SSSR count). The summed E-state index contributed by atoms with van der Waals surface area (Å²) in [6.07, 6.45) is 1.80. The van der Waals surface area contributed by atoms with Crippen LogP contribution in [0.5, 0.6) is 5.75 Å². The zero-order valence-corrected chi connectivity index (χ0v) is 11.6. The third-order valence-corrected chi connectivity index (χ3v) is 4.10. The zero-order chi connectivity index (χ0) is 14.1. The van der Waals surface area contributed by atoms with E-state index < -0.39 is 0 Å². The first kappa shape index (κ1) is 13.3. The largest absolute Gasteiger partial charge is 0.506 e. The van der Waals surface area contributed by atoms with E-state index in [1.54, 1.807) is 24.3 Å². The molecule has 0 amide bonds. The van der Waals surface area contributed by atoms with Crippen molar-refractivity contribution < 1.29 is 9.50 Å². The number of aromatic hydroxyl groups is 1. The minimum absolute atomic E-state index is 0.0788. The van der Waals surface area contributed by atoms with Crippen molar-refractivity contribution in [3.63, 3.8) is 0 Å². The molecule has 4 heteroatoms. The van der Waals surface area contributed by atoms with Crippen molar-refractivity contribution in [2.75, 3.05) is 5.32 Å². The first-order valence-corrected chi connectivity index (χ1v) is 7.01. The maximum Gasteiger partial charge on any atom is 0.134 e. The van der Waals surface area contributed by atoms with Crippen LogP contribution >= 0.6 is 11.6 Å². The fourth-order valence-electron chi connectivity index (χ4n) is 2.63. The fourth-order valence-corrected chi connectivity index (χ4v) is 2.81. The third kappa shape index (κ3) is 2.59. The molecule has 104 valence electrons. The van der Waals surface area contributed by atoms with Crippen LogP contribution in [-0.2, 0) is 0 Å². The van der Waals surface area contributed by atoms with E-state index in [-0.39, 0.29) is 17.5 Å². The lowest BCUT2D eigenvalue weighted by Crippen LogP contribution is -2.34. The first-order valence-electron chi connectivity index (χ1n) is 6.63. The van der Waals surface area contributed by atoms with Gasteiger partial charge in [-0.15, -0.1) is 0 Å². The van der Waals surface area contributed by atoms with Crippen molar-refractivity contribution in [2.45, 2.75) is 24.8 Å². The number of phenols is 1. The standard InChI is InChI=1S/C16H15ClFNO/c17-14-9-11(5-6-16(14)20)19-12-7-10(8-12)13-3-1-2-4-15(13)18/h1-6,9-10,12,19-20H,7-8H2. The van der Waals surface area contributed by atoms with Crippen LogP contribution < -0.4 is 5.32 Å². The lowest BCUT2D eigenvalue weighted by atomic mass is 9.75. The predicted molar refractivity (Wildman–Crippen MR) is 78.9 cm³/mol. The number of anilines is 1. The molecule has 20 heavy (non-hydrogen) atoms. The molecule has 0 radical (unpaired) electrons. The number of hydrogen-bond donors (Lipinski definition) is 2. The second-order valence-corrected chi connectivity index (χ2v) is 5.60. The minimum atomic E-state index is -0.122. The summed E-state index contributed by atoms with van der Waals surface area (Å²) in [6.45, 7) is 0. The summed E-state index contributed by atoms with van der Waals surface area (Å²) in [4.78, 5) is 0. The van der Waals surface area contributed by atoms with Gasteiger partial charge in [0.25, 0.3) is 0 Å². The van der Waals surface area contributed by atoms with Crippen LogP contribution in [0.2, 0.25) is 5.02 Å². The maximum absolute atomic E-state index is 13.6. The molecule has 0 unspecified atom stereocenters. The SMILES string of the molecule is Oc1ccc(NC2CC(c3ccccc3F)C2)cc1Cl. The molecule has 1 aliphatic rings. The van der Waals surface area contributed by atoms with E-state index in [2.05, 4.69) is 5.32 Å². The van der Waals surface area contributed by atoms with E-state index in [1.165, 1.54) is 6.07 Å². The van der Waals surface area contributed by atoms with Gasteiger partial charge in [-0.1, -0.05) is 29.8 Å². The molecule has 2 aromatic carbocycles. The Labute approximate surface area is 122 Å². The van der Waals surface area contributed by atoms with Crippen molar-refractivity contribution in [3.8, 4) is 5.75 Å². The third-order valence-electron chi connectivity index (χ3n) is 3.80. The van der Waals surface area contributed by atoms with Crippen molar-refractivity contribution in [1.82, 2.24) is 0 Å². The van der Waals surface area contributed by atoms with Gasteiger partial charge in [-0.2, -0.15) is 0 Å². The number of benzene rings is 2. The van der Waals surface area contributed by atoms with Crippen molar-refractivity contribution >= 4 is 17.3 Å². The van der Waals surface area contributed by atoms with Gasteiger partial charge in [0, 0.05) is 11.7 Å². The van der Waals surface area contributed by atoms with E-state index in [0.29, 0.717) is 11.1 Å². The van der Waals surface area contributed by atoms with Gasteiger partial charge in [-0.3, -0.25) is 0 Å². The summed E-state index contributed by atoms with van der Waals surface area (Å²) in [5.74, 6) is 0.236. The Balaban J connectivity index is 1.61. The fraction of sp³-hybridized carbons (Fsp3) is 0.250. The second-order valence-electron chi connectivity index (χ2n) is 5.20. The lowest BCUT2D eigenvalue weighted by Gasteiger charge is -2.37. The Morgan fingerprint density at radius 3 is 2.60 bits per heavy atom. The van der Waals surface area contributed by atoms with Gasteiger partial charge < -0.3 is 10.4 Å². The van der Waals surface area contributed by atoms with Gasteiger partial charge in [0.1, 0.15) is 11.6 Å².